The van der Waals surface area contributed by atoms with Gasteiger partial charge in [-0.15, -0.1) is 0 Å². The van der Waals surface area contributed by atoms with Crippen LogP contribution in [0.25, 0.3) is 0 Å². The summed E-state index contributed by atoms with van der Waals surface area (Å²) in [5, 5.41) is 5.20. The molecule has 1 aromatic carbocycles. The van der Waals surface area contributed by atoms with Crippen molar-refractivity contribution in [2.75, 3.05) is 11.9 Å². The van der Waals surface area contributed by atoms with Crippen molar-refractivity contribution >= 4 is 17.7 Å². The van der Waals surface area contributed by atoms with Gasteiger partial charge in [-0.3, -0.25) is 4.79 Å². The average Bonchev–Trinajstić information content (AvgIpc) is 2.29. The van der Waals surface area contributed by atoms with Gasteiger partial charge in [0.05, 0.1) is 0 Å². The van der Waals surface area contributed by atoms with E-state index >= 15 is 0 Å². The Hall–Kier alpha value is -2.04. The van der Waals surface area contributed by atoms with Gasteiger partial charge < -0.3 is 15.4 Å². The van der Waals surface area contributed by atoms with Crippen LogP contribution in [0.2, 0.25) is 0 Å². The zero-order chi connectivity index (χ0) is 12.7. The molecular formula is C12H16N2O3. The quantitative estimate of drug-likeness (QED) is 0.841. The summed E-state index contributed by atoms with van der Waals surface area (Å²) in [7, 11) is 0. The molecule has 0 bridgehead atoms. The van der Waals surface area contributed by atoms with Crippen LogP contribution in [0.4, 0.5) is 10.5 Å². The van der Waals surface area contributed by atoms with Crippen LogP contribution in [0.15, 0.2) is 24.3 Å². The molecule has 5 nitrogen and oxygen atoms in total. The number of anilines is 1. The summed E-state index contributed by atoms with van der Waals surface area (Å²) < 4.78 is 5.01. The number of benzene rings is 1. The molecule has 0 aromatic heterocycles. The van der Waals surface area contributed by atoms with Gasteiger partial charge in [-0.25, -0.2) is 4.79 Å². The normalized spacial score (nSPS) is 9.53. The summed E-state index contributed by atoms with van der Waals surface area (Å²) in [6, 6.07) is 6.69. The third-order valence-electron chi connectivity index (χ3n) is 1.97. The molecular weight excluding hydrogens is 220 g/mol. The van der Waals surface area contributed by atoms with Crippen molar-refractivity contribution in [1.82, 2.24) is 5.32 Å². The Morgan fingerprint density at radius 1 is 1.29 bits per heavy atom. The fourth-order valence-electron chi connectivity index (χ4n) is 1.17. The molecule has 0 aliphatic carbocycles. The summed E-state index contributed by atoms with van der Waals surface area (Å²) in [6.45, 7) is 4.08. The molecule has 0 fully saturated rings. The van der Waals surface area contributed by atoms with Crippen LogP contribution in [0.3, 0.4) is 0 Å². The van der Waals surface area contributed by atoms with Gasteiger partial charge in [-0.2, -0.15) is 0 Å². The number of hydrogen-bond donors (Lipinski definition) is 2. The first kappa shape index (κ1) is 13.0. The highest BCUT2D eigenvalue weighted by Crippen LogP contribution is 2.17. The van der Waals surface area contributed by atoms with Crippen molar-refractivity contribution in [1.29, 1.82) is 0 Å². The Balaban J connectivity index is 2.65. The SMILES string of the molecule is CCNC(=O)Oc1cccc(NC(=O)CC)c1. The number of hydrogen-bond acceptors (Lipinski definition) is 3. The number of amides is 2. The van der Waals surface area contributed by atoms with E-state index in [0.717, 1.165) is 0 Å². The van der Waals surface area contributed by atoms with E-state index in [2.05, 4.69) is 10.6 Å². The van der Waals surface area contributed by atoms with Gasteiger partial charge in [0.25, 0.3) is 0 Å². The lowest BCUT2D eigenvalue weighted by atomic mass is 10.3. The molecule has 0 heterocycles. The molecule has 1 rings (SSSR count). The first-order chi connectivity index (χ1) is 8.15. The van der Waals surface area contributed by atoms with Gasteiger partial charge in [0.15, 0.2) is 0 Å². The van der Waals surface area contributed by atoms with E-state index in [4.69, 9.17) is 4.74 Å². The molecule has 2 N–H and O–H groups in total. The fourth-order valence-corrected chi connectivity index (χ4v) is 1.17. The smallest absolute Gasteiger partial charge is 0.410 e. The molecule has 0 aliphatic heterocycles. The van der Waals surface area contributed by atoms with E-state index in [1.54, 1.807) is 38.1 Å². The Labute approximate surface area is 100 Å². The van der Waals surface area contributed by atoms with Gasteiger partial charge in [-0.05, 0) is 19.1 Å². The van der Waals surface area contributed by atoms with Gasteiger partial charge in [0.1, 0.15) is 5.75 Å². The molecule has 0 saturated heterocycles. The monoisotopic (exact) mass is 236 g/mol. The molecule has 2 amide bonds. The highest BCUT2D eigenvalue weighted by molar-refractivity contribution is 5.90. The topological polar surface area (TPSA) is 67.4 Å². The highest BCUT2D eigenvalue weighted by Gasteiger charge is 2.04. The maximum atomic E-state index is 11.2. The molecule has 0 unspecified atom stereocenters. The summed E-state index contributed by atoms with van der Waals surface area (Å²) in [5.74, 6) is 0.310. The third-order valence-corrected chi connectivity index (χ3v) is 1.97. The Morgan fingerprint density at radius 3 is 2.71 bits per heavy atom. The van der Waals surface area contributed by atoms with Crippen LogP contribution in [0.5, 0.6) is 5.75 Å². The third kappa shape index (κ3) is 4.55. The minimum Gasteiger partial charge on any atom is -0.410 e. The summed E-state index contributed by atoms with van der Waals surface area (Å²) >= 11 is 0. The molecule has 0 atom stereocenters. The van der Waals surface area contributed by atoms with Crippen molar-refractivity contribution < 1.29 is 14.3 Å². The summed E-state index contributed by atoms with van der Waals surface area (Å²) in [6.07, 6.45) is -0.104. The standard InChI is InChI=1S/C12H16N2O3/c1-3-11(15)14-9-6-5-7-10(8-9)17-12(16)13-4-2/h5-8H,3-4H2,1-2H3,(H,13,16)(H,14,15). The Bertz CT molecular complexity index is 404. The van der Waals surface area contributed by atoms with Crippen LogP contribution in [-0.2, 0) is 4.79 Å². The van der Waals surface area contributed by atoms with Crippen molar-refractivity contribution in [3.63, 3.8) is 0 Å². The lowest BCUT2D eigenvalue weighted by molar-refractivity contribution is -0.115. The van der Waals surface area contributed by atoms with Gasteiger partial charge in [0.2, 0.25) is 5.91 Å². The van der Waals surface area contributed by atoms with Crippen LogP contribution < -0.4 is 15.4 Å². The van der Waals surface area contributed by atoms with Crippen molar-refractivity contribution in [2.24, 2.45) is 0 Å². The van der Waals surface area contributed by atoms with E-state index in [1.807, 2.05) is 0 Å². The van der Waals surface area contributed by atoms with Crippen molar-refractivity contribution in [3.8, 4) is 5.75 Å². The lowest BCUT2D eigenvalue weighted by Crippen LogP contribution is -2.26. The molecule has 0 aliphatic rings. The molecule has 0 spiro atoms. The van der Waals surface area contributed by atoms with Gasteiger partial charge in [-0.1, -0.05) is 13.0 Å². The van der Waals surface area contributed by atoms with Crippen LogP contribution in [0.1, 0.15) is 20.3 Å². The maximum Gasteiger partial charge on any atom is 0.412 e. The molecule has 17 heavy (non-hydrogen) atoms. The van der Waals surface area contributed by atoms with E-state index in [9.17, 15) is 9.59 Å². The zero-order valence-corrected chi connectivity index (χ0v) is 9.95. The van der Waals surface area contributed by atoms with Crippen LogP contribution in [-0.4, -0.2) is 18.5 Å². The van der Waals surface area contributed by atoms with Crippen LogP contribution in [0, 0.1) is 0 Å². The number of nitrogens with one attached hydrogen (secondary N) is 2. The minimum atomic E-state index is -0.508. The predicted molar refractivity (Wildman–Crippen MR) is 65.1 cm³/mol. The predicted octanol–water partition coefficient (Wildman–Crippen LogP) is 2.14. The fraction of sp³-hybridized carbons (Fsp3) is 0.333. The molecule has 92 valence electrons. The number of ether oxygens (including phenoxy) is 1. The first-order valence-electron chi connectivity index (χ1n) is 5.51. The minimum absolute atomic E-state index is 0.0832. The number of rotatable bonds is 4. The first-order valence-corrected chi connectivity index (χ1v) is 5.51. The van der Waals surface area contributed by atoms with Crippen LogP contribution >= 0.6 is 0 Å². The average molecular weight is 236 g/mol. The van der Waals surface area contributed by atoms with E-state index in [-0.39, 0.29) is 5.91 Å². The van der Waals surface area contributed by atoms with Gasteiger partial charge in [0, 0.05) is 24.7 Å². The summed E-state index contributed by atoms with van der Waals surface area (Å²) in [5.41, 5.74) is 0.610. The second-order valence-electron chi connectivity index (χ2n) is 3.35. The molecule has 0 saturated carbocycles. The number of carbonyl (C=O) groups excluding carboxylic acids is 2. The van der Waals surface area contributed by atoms with Gasteiger partial charge >= 0.3 is 6.09 Å². The van der Waals surface area contributed by atoms with Crippen molar-refractivity contribution in [2.45, 2.75) is 20.3 Å². The highest BCUT2D eigenvalue weighted by atomic mass is 16.6. The zero-order valence-electron chi connectivity index (χ0n) is 9.95. The van der Waals surface area contributed by atoms with E-state index in [1.165, 1.54) is 0 Å². The Morgan fingerprint density at radius 2 is 2.06 bits per heavy atom. The molecule has 1 aromatic rings. The molecule has 0 radical (unpaired) electrons. The second-order valence-corrected chi connectivity index (χ2v) is 3.35. The van der Waals surface area contributed by atoms with E-state index in [0.29, 0.717) is 24.4 Å². The molecule has 5 heteroatoms. The van der Waals surface area contributed by atoms with Crippen molar-refractivity contribution in [3.05, 3.63) is 24.3 Å². The number of carbonyl (C=O) groups is 2. The maximum absolute atomic E-state index is 11.2. The largest absolute Gasteiger partial charge is 0.412 e. The Kier molecular flexibility index (Phi) is 5.00. The van der Waals surface area contributed by atoms with E-state index < -0.39 is 6.09 Å². The second kappa shape index (κ2) is 6.52. The summed E-state index contributed by atoms with van der Waals surface area (Å²) in [4.78, 5) is 22.4. The lowest BCUT2D eigenvalue weighted by Gasteiger charge is -2.07.